The molecule has 0 rings (SSSR count). The van der Waals surface area contributed by atoms with Gasteiger partial charge in [-0.1, -0.05) is 30.9 Å². The van der Waals surface area contributed by atoms with Crippen molar-refractivity contribution in [1.82, 2.24) is 0 Å². The van der Waals surface area contributed by atoms with Crippen molar-refractivity contribution in [2.75, 3.05) is 7.05 Å². The first-order valence-corrected chi connectivity index (χ1v) is 3.70. The molecule has 0 fully saturated rings. The van der Waals surface area contributed by atoms with Crippen LogP contribution in [0.3, 0.4) is 0 Å². The van der Waals surface area contributed by atoms with Crippen LogP contribution in [0, 0.1) is 0 Å². The van der Waals surface area contributed by atoms with Crippen molar-refractivity contribution in [2.24, 2.45) is 4.99 Å². The van der Waals surface area contributed by atoms with E-state index in [1.807, 2.05) is 25.3 Å². The van der Waals surface area contributed by atoms with Crippen LogP contribution in [0.4, 0.5) is 0 Å². The fraction of sp³-hybridized carbons (Fsp3) is 0.300. The number of hydrogen-bond donors (Lipinski definition) is 0. The summed E-state index contributed by atoms with van der Waals surface area (Å²) < 4.78 is 0. The molecular weight excluding hydrogens is 134 g/mol. The Balaban J connectivity index is 4.10. The maximum atomic E-state index is 3.91. The second-order valence-corrected chi connectivity index (χ2v) is 2.12. The van der Waals surface area contributed by atoms with E-state index in [0.717, 1.165) is 6.42 Å². The van der Waals surface area contributed by atoms with Gasteiger partial charge in [0.1, 0.15) is 0 Å². The van der Waals surface area contributed by atoms with Gasteiger partial charge < -0.3 is 4.99 Å². The Labute approximate surface area is 68.9 Å². The molecule has 0 aliphatic heterocycles. The smallest absolute Gasteiger partial charge is 0.0273 e. The summed E-state index contributed by atoms with van der Waals surface area (Å²) in [7, 11) is 1.78. The normalized spacial score (nSPS) is 13.1. The molecule has 0 aromatic carbocycles. The molecule has 0 saturated carbocycles. The summed E-state index contributed by atoms with van der Waals surface area (Å²) in [6, 6.07) is 0. The first-order valence-electron chi connectivity index (χ1n) is 3.70. The van der Waals surface area contributed by atoms with Gasteiger partial charge in [-0.15, -0.1) is 0 Å². The lowest BCUT2D eigenvalue weighted by Crippen LogP contribution is -1.79. The molecule has 0 aromatic heterocycles. The molecule has 0 aliphatic carbocycles. The summed E-state index contributed by atoms with van der Waals surface area (Å²) in [6.07, 6.45) is 10.6. The van der Waals surface area contributed by atoms with Crippen LogP contribution in [0.25, 0.3) is 0 Å². The van der Waals surface area contributed by atoms with Gasteiger partial charge >= 0.3 is 0 Å². The third kappa shape index (κ3) is 5.34. The van der Waals surface area contributed by atoms with Gasteiger partial charge in [0.2, 0.25) is 0 Å². The van der Waals surface area contributed by atoms with E-state index in [9.17, 15) is 0 Å². The van der Waals surface area contributed by atoms with Crippen molar-refractivity contribution < 1.29 is 0 Å². The molecular formula is C10H15N. The van der Waals surface area contributed by atoms with Gasteiger partial charge in [0, 0.05) is 19.7 Å². The van der Waals surface area contributed by atoms with E-state index < -0.39 is 0 Å². The largest absolute Gasteiger partial charge is 0.301 e. The van der Waals surface area contributed by atoms with Crippen LogP contribution >= 0.6 is 0 Å². The van der Waals surface area contributed by atoms with E-state index in [0.29, 0.717) is 0 Å². The molecule has 11 heavy (non-hydrogen) atoms. The number of allylic oxidation sites excluding steroid dienone is 5. The maximum Gasteiger partial charge on any atom is 0.0273 e. The molecule has 60 valence electrons. The highest BCUT2D eigenvalue weighted by molar-refractivity contribution is 5.62. The Morgan fingerprint density at radius 3 is 2.73 bits per heavy atom. The van der Waals surface area contributed by atoms with E-state index in [-0.39, 0.29) is 0 Å². The van der Waals surface area contributed by atoms with Gasteiger partial charge in [0.05, 0.1) is 0 Å². The zero-order valence-corrected chi connectivity index (χ0v) is 7.25. The van der Waals surface area contributed by atoms with Crippen LogP contribution in [0.1, 0.15) is 13.3 Å². The Bertz CT molecular complexity index is 185. The van der Waals surface area contributed by atoms with Crippen LogP contribution in [0.15, 0.2) is 41.4 Å². The lowest BCUT2D eigenvalue weighted by atomic mass is 10.2. The van der Waals surface area contributed by atoms with Gasteiger partial charge in [0.25, 0.3) is 0 Å². The highest BCUT2D eigenvalue weighted by atomic mass is 14.6. The molecule has 0 unspecified atom stereocenters. The van der Waals surface area contributed by atoms with Gasteiger partial charge in [-0.25, -0.2) is 0 Å². The molecule has 0 amide bonds. The molecule has 0 aliphatic rings. The summed E-state index contributed by atoms with van der Waals surface area (Å²) in [4.78, 5) is 3.91. The Hall–Kier alpha value is -1.11. The van der Waals surface area contributed by atoms with Crippen molar-refractivity contribution in [2.45, 2.75) is 13.3 Å². The van der Waals surface area contributed by atoms with Crippen molar-refractivity contribution in [3.63, 3.8) is 0 Å². The fourth-order valence-electron chi connectivity index (χ4n) is 0.754. The molecule has 0 heterocycles. The standard InChI is InChI=1S/C10H15N/c1-4-6-10(7-5-2)8-9-11-3/h4-7,9H,1,8H2,2-3H3/b7-5-,10-6+,11-9?. The maximum absolute atomic E-state index is 3.91. The zero-order chi connectivity index (χ0) is 8.53. The molecule has 0 bridgehead atoms. The lowest BCUT2D eigenvalue weighted by Gasteiger charge is -1.92. The van der Waals surface area contributed by atoms with E-state index >= 15 is 0 Å². The number of hydrogen-bond acceptors (Lipinski definition) is 1. The summed E-state index contributed by atoms with van der Waals surface area (Å²) in [6.45, 7) is 5.64. The van der Waals surface area contributed by atoms with Crippen LogP contribution < -0.4 is 0 Å². The minimum Gasteiger partial charge on any atom is -0.301 e. The second-order valence-electron chi connectivity index (χ2n) is 2.12. The zero-order valence-electron chi connectivity index (χ0n) is 7.25. The predicted molar refractivity (Wildman–Crippen MR) is 52.1 cm³/mol. The second kappa shape index (κ2) is 7.00. The average Bonchev–Trinajstić information content (AvgIpc) is 2.01. The third-order valence-corrected chi connectivity index (χ3v) is 1.22. The molecule has 0 aromatic rings. The molecule has 0 spiro atoms. The summed E-state index contributed by atoms with van der Waals surface area (Å²) in [5, 5.41) is 0. The van der Waals surface area contributed by atoms with Crippen LogP contribution in [0.5, 0.6) is 0 Å². The van der Waals surface area contributed by atoms with Gasteiger partial charge in [0.15, 0.2) is 0 Å². The molecule has 0 atom stereocenters. The van der Waals surface area contributed by atoms with E-state index in [2.05, 4.69) is 17.6 Å². The first-order chi connectivity index (χ1) is 5.35. The van der Waals surface area contributed by atoms with Crippen LogP contribution in [-0.2, 0) is 0 Å². The minimum absolute atomic E-state index is 0.882. The van der Waals surface area contributed by atoms with Crippen molar-refractivity contribution in [3.8, 4) is 0 Å². The highest BCUT2D eigenvalue weighted by Crippen LogP contribution is 2.01. The highest BCUT2D eigenvalue weighted by Gasteiger charge is 1.85. The lowest BCUT2D eigenvalue weighted by molar-refractivity contribution is 1.33. The van der Waals surface area contributed by atoms with Crippen LogP contribution in [-0.4, -0.2) is 13.3 Å². The average molecular weight is 149 g/mol. The van der Waals surface area contributed by atoms with E-state index in [1.165, 1.54) is 5.57 Å². The Morgan fingerprint density at radius 2 is 2.27 bits per heavy atom. The number of rotatable bonds is 4. The van der Waals surface area contributed by atoms with E-state index in [1.54, 1.807) is 13.1 Å². The third-order valence-electron chi connectivity index (χ3n) is 1.22. The summed E-state index contributed by atoms with van der Waals surface area (Å²) >= 11 is 0. The molecule has 0 radical (unpaired) electrons. The molecule has 1 nitrogen and oxygen atoms in total. The quantitative estimate of drug-likeness (QED) is 0.430. The SMILES string of the molecule is C=C/C=C(\C=C/C)CC=NC. The summed E-state index contributed by atoms with van der Waals surface area (Å²) in [5.41, 5.74) is 1.23. The van der Waals surface area contributed by atoms with E-state index in [4.69, 9.17) is 0 Å². The topological polar surface area (TPSA) is 12.4 Å². The molecule has 0 saturated heterocycles. The van der Waals surface area contributed by atoms with Crippen molar-refractivity contribution in [1.29, 1.82) is 0 Å². The van der Waals surface area contributed by atoms with Gasteiger partial charge in [-0.3, -0.25) is 0 Å². The Kier molecular flexibility index (Phi) is 6.30. The number of nitrogens with zero attached hydrogens (tertiary/aromatic N) is 1. The molecule has 1 heteroatoms. The Morgan fingerprint density at radius 1 is 1.55 bits per heavy atom. The monoisotopic (exact) mass is 149 g/mol. The van der Waals surface area contributed by atoms with Crippen LogP contribution in [0.2, 0.25) is 0 Å². The van der Waals surface area contributed by atoms with Crippen molar-refractivity contribution >= 4 is 6.21 Å². The molecule has 0 N–H and O–H groups in total. The first kappa shape index (κ1) is 9.89. The predicted octanol–water partition coefficient (Wildman–Crippen LogP) is 2.77. The summed E-state index contributed by atoms with van der Waals surface area (Å²) in [5.74, 6) is 0. The fourth-order valence-corrected chi connectivity index (χ4v) is 0.754. The minimum atomic E-state index is 0.882. The number of aliphatic imine (C=N–C) groups is 1. The van der Waals surface area contributed by atoms with Gasteiger partial charge in [-0.05, 0) is 12.5 Å². The van der Waals surface area contributed by atoms with Gasteiger partial charge in [-0.2, -0.15) is 0 Å². The van der Waals surface area contributed by atoms with Crippen molar-refractivity contribution in [3.05, 3.63) is 36.5 Å².